The Bertz CT molecular complexity index is 1640. The summed E-state index contributed by atoms with van der Waals surface area (Å²) in [6.45, 7) is 18.5. The maximum atomic E-state index is 13.0. The molecule has 3 aromatic rings. The molecule has 1 aromatic heterocycles. The number of sulfone groups is 1. The summed E-state index contributed by atoms with van der Waals surface area (Å²) >= 11 is 6.46. The molecule has 0 spiro atoms. The molecule has 2 aliphatic rings. The molecule has 2 fully saturated rings. The van der Waals surface area contributed by atoms with Crippen molar-refractivity contribution in [1.29, 1.82) is 0 Å². The lowest BCUT2D eigenvalue weighted by Crippen LogP contribution is -2.47. The average Bonchev–Trinajstić information content (AvgIpc) is 3.10. The zero-order chi connectivity index (χ0) is 35.0. The number of aromatic nitrogens is 2. The number of para-hydroxylation sites is 1. The zero-order valence-electron chi connectivity index (χ0n) is 29.8. The number of anilines is 4. The molecule has 0 amide bonds. The van der Waals surface area contributed by atoms with E-state index in [4.69, 9.17) is 16.3 Å². The van der Waals surface area contributed by atoms with Crippen molar-refractivity contribution in [3.8, 4) is 5.75 Å². The largest absolute Gasteiger partial charge is 0.495 e. The van der Waals surface area contributed by atoms with Crippen LogP contribution in [0.5, 0.6) is 5.75 Å². The molecule has 3 heterocycles. The summed E-state index contributed by atoms with van der Waals surface area (Å²) in [6.07, 6.45) is 7.59. The Hall–Kier alpha value is -2.96. The van der Waals surface area contributed by atoms with Crippen molar-refractivity contribution in [2.24, 2.45) is 0 Å². The van der Waals surface area contributed by atoms with Crippen LogP contribution >= 0.6 is 11.6 Å². The molecule has 0 bridgehead atoms. The highest BCUT2D eigenvalue weighted by atomic mass is 35.5. The van der Waals surface area contributed by atoms with Gasteiger partial charge in [-0.3, -0.25) is 0 Å². The summed E-state index contributed by atoms with van der Waals surface area (Å²) < 4.78 is 31.8. The van der Waals surface area contributed by atoms with E-state index < -0.39 is 15.1 Å². The van der Waals surface area contributed by atoms with Crippen molar-refractivity contribution in [2.75, 3.05) is 76.6 Å². The number of benzene rings is 2. The van der Waals surface area contributed by atoms with Crippen LogP contribution in [0.25, 0.3) is 0 Å². The number of rotatable bonds is 15. The van der Waals surface area contributed by atoms with Gasteiger partial charge in [0.15, 0.2) is 15.7 Å². The van der Waals surface area contributed by atoms with E-state index in [2.05, 4.69) is 61.3 Å². The highest BCUT2D eigenvalue weighted by molar-refractivity contribution is 7.92. The highest BCUT2D eigenvalue weighted by Gasteiger charge is 2.25. The van der Waals surface area contributed by atoms with E-state index >= 15 is 0 Å². The molecule has 0 unspecified atom stereocenters. The topological polar surface area (TPSA) is 103 Å². The van der Waals surface area contributed by atoms with Crippen molar-refractivity contribution < 1.29 is 13.2 Å². The predicted molar refractivity (Wildman–Crippen MR) is 201 cm³/mol. The van der Waals surface area contributed by atoms with Crippen molar-refractivity contribution in [3.05, 3.63) is 58.7 Å². The van der Waals surface area contributed by atoms with Gasteiger partial charge in [-0.2, -0.15) is 4.98 Å². The number of aryl methyl sites for hydroxylation is 1. The fourth-order valence-corrected chi connectivity index (χ4v) is 8.19. The molecule has 2 aliphatic heterocycles. The van der Waals surface area contributed by atoms with Crippen molar-refractivity contribution >= 4 is 44.6 Å². The van der Waals surface area contributed by atoms with E-state index in [-0.39, 0.29) is 9.92 Å². The van der Waals surface area contributed by atoms with E-state index in [0.717, 1.165) is 37.4 Å². The molecular formula is C37H54ClN7O3S. The van der Waals surface area contributed by atoms with Gasteiger partial charge >= 0.3 is 0 Å². The highest BCUT2D eigenvalue weighted by Crippen LogP contribution is 2.38. The third-order valence-corrected chi connectivity index (χ3v) is 12.4. The maximum absolute atomic E-state index is 13.0. The first-order valence-electron chi connectivity index (χ1n) is 17.8. The van der Waals surface area contributed by atoms with Crippen LogP contribution in [0.2, 0.25) is 5.02 Å². The van der Waals surface area contributed by atoms with E-state index in [1.54, 1.807) is 45.2 Å². The van der Waals surface area contributed by atoms with Crippen LogP contribution in [-0.2, 0) is 9.84 Å². The average molecular weight is 712 g/mol. The second kappa shape index (κ2) is 17.3. The lowest BCUT2D eigenvalue weighted by atomic mass is 9.86. The van der Waals surface area contributed by atoms with Crippen molar-refractivity contribution in [2.45, 2.75) is 75.9 Å². The van der Waals surface area contributed by atoms with E-state index in [9.17, 15) is 8.42 Å². The Morgan fingerprint density at radius 1 is 0.918 bits per heavy atom. The molecular weight excluding hydrogens is 658 g/mol. The Balaban J connectivity index is 1.18. The van der Waals surface area contributed by atoms with E-state index in [1.807, 2.05) is 0 Å². The minimum Gasteiger partial charge on any atom is -0.495 e. The van der Waals surface area contributed by atoms with Gasteiger partial charge in [-0.05, 0) is 120 Å². The Morgan fingerprint density at radius 3 is 2.18 bits per heavy atom. The minimum atomic E-state index is -3.53. The van der Waals surface area contributed by atoms with Crippen LogP contribution in [0.15, 0.2) is 47.5 Å². The molecule has 0 saturated carbocycles. The summed E-state index contributed by atoms with van der Waals surface area (Å²) in [6, 6.07) is 11.0. The number of hydrogen-bond donors (Lipinski definition) is 2. The third kappa shape index (κ3) is 9.64. The Labute approximate surface area is 298 Å². The number of nitrogens with one attached hydrogen (secondary N) is 2. The first kappa shape index (κ1) is 37.3. The molecule has 12 heteroatoms. The minimum absolute atomic E-state index is 0.194. The Morgan fingerprint density at radius 2 is 1.55 bits per heavy atom. The monoisotopic (exact) mass is 711 g/mol. The number of likely N-dealkylation sites (tertiary alicyclic amines) is 1. The molecule has 2 saturated heterocycles. The normalized spacial score (nSPS) is 17.0. The standard InChI is InChI=1S/C37H54ClN7O3S/c1-6-7-15-44-20-22-45(23-21-44)17-10-16-43-18-13-29(14-19-43)30-25-34(48-5)33(24-28(30)4)41-37-39-26-31(38)36(42-37)40-32-11-8-9-12-35(32)49(46,47)27(2)3/h8-9,11-12,24-27,29H,6-7,10,13-23H2,1-5H3,(H2,39,40,41,42). The van der Waals surface area contributed by atoms with Crippen molar-refractivity contribution in [3.63, 3.8) is 0 Å². The van der Waals surface area contributed by atoms with Gasteiger partial charge in [0.25, 0.3) is 0 Å². The fraction of sp³-hybridized carbons (Fsp3) is 0.568. The second-order valence-electron chi connectivity index (χ2n) is 13.6. The third-order valence-electron chi connectivity index (χ3n) is 9.91. The van der Waals surface area contributed by atoms with Gasteiger partial charge in [-0.1, -0.05) is 37.1 Å². The molecule has 268 valence electrons. The Kier molecular flexibility index (Phi) is 13.2. The molecule has 49 heavy (non-hydrogen) atoms. The van der Waals surface area contributed by atoms with Crippen molar-refractivity contribution in [1.82, 2.24) is 24.7 Å². The summed E-state index contributed by atoms with van der Waals surface area (Å²) in [5.74, 6) is 1.82. The number of methoxy groups -OCH3 is 1. The quantitative estimate of drug-likeness (QED) is 0.170. The summed E-state index contributed by atoms with van der Waals surface area (Å²) in [7, 11) is -1.85. The molecule has 2 aromatic carbocycles. The number of halogens is 1. The molecule has 10 nitrogen and oxygen atoms in total. The molecule has 0 radical (unpaired) electrons. The molecule has 0 atom stereocenters. The summed E-state index contributed by atoms with van der Waals surface area (Å²) in [5, 5.41) is 6.12. The van der Waals surface area contributed by atoms with Crippen LogP contribution in [0.1, 0.15) is 69.9 Å². The molecule has 0 aliphatic carbocycles. The van der Waals surface area contributed by atoms with Gasteiger partial charge in [0.2, 0.25) is 5.95 Å². The number of unbranched alkanes of at least 4 members (excludes halogenated alkanes) is 1. The van der Waals surface area contributed by atoms with E-state index in [0.29, 0.717) is 23.4 Å². The number of hydrogen-bond acceptors (Lipinski definition) is 10. The molecule has 2 N–H and O–H groups in total. The van der Waals surface area contributed by atoms with Gasteiger partial charge in [0.1, 0.15) is 10.8 Å². The SMILES string of the molecule is CCCCN1CCN(CCCN2CCC(c3cc(OC)c(Nc4ncc(Cl)c(Nc5ccccc5S(=O)(=O)C(C)C)n4)cc3C)CC2)CC1. The van der Waals surface area contributed by atoms with Crippen LogP contribution in [-0.4, -0.2) is 104 Å². The smallest absolute Gasteiger partial charge is 0.229 e. The predicted octanol–water partition coefficient (Wildman–Crippen LogP) is 7.10. The van der Waals surface area contributed by atoms with Gasteiger partial charge in [0, 0.05) is 26.2 Å². The first-order chi connectivity index (χ1) is 23.6. The number of nitrogens with zero attached hydrogens (tertiary/aromatic N) is 5. The van der Waals surface area contributed by atoms with Crippen LogP contribution < -0.4 is 15.4 Å². The van der Waals surface area contributed by atoms with Crippen LogP contribution in [0.4, 0.5) is 23.1 Å². The fourth-order valence-electron chi connectivity index (χ4n) is 6.85. The van der Waals surface area contributed by atoms with E-state index in [1.165, 1.54) is 82.4 Å². The van der Waals surface area contributed by atoms with Crippen LogP contribution in [0, 0.1) is 6.92 Å². The number of piperidine rings is 1. The van der Waals surface area contributed by atoms with Gasteiger partial charge in [-0.15, -0.1) is 0 Å². The molecule has 5 rings (SSSR count). The summed E-state index contributed by atoms with van der Waals surface area (Å²) in [4.78, 5) is 17.1. The second-order valence-corrected chi connectivity index (χ2v) is 16.5. The van der Waals surface area contributed by atoms with Gasteiger partial charge < -0.3 is 30.1 Å². The zero-order valence-corrected chi connectivity index (χ0v) is 31.4. The maximum Gasteiger partial charge on any atom is 0.229 e. The van der Waals surface area contributed by atoms with Gasteiger partial charge in [-0.25, -0.2) is 13.4 Å². The number of piperazine rings is 1. The number of ether oxygens (including phenoxy) is 1. The first-order valence-corrected chi connectivity index (χ1v) is 19.8. The lowest BCUT2D eigenvalue weighted by Gasteiger charge is -2.36. The lowest BCUT2D eigenvalue weighted by molar-refractivity contribution is 0.123. The van der Waals surface area contributed by atoms with Gasteiger partial charge in [0.05, 0.1) is 34.8 Å². The summed E-state index contributed by atoms with van der Waals surface area (Å²) in [5.41, 5.74) is 3.68. The van der Waals surface area contributed by atoms with Crippen LogP contribution in [0.3, 0.4) is 0 Å².